The van der Waals surface area contributed by atoms with Gasteiger partial charge in [-0.3, -0.25) is 0 Å². The number of carbonyl (C=O) groups is 1. The Bertz CT molecular complexity index is 514. The molecule has 0 radical (unpaired) electrons. The highest BCUT2D eigenvalue weighted by atomic mass is 16.6. The molecular formula is C15H21N3O2. The van der Waals surface area contributed by atoms with E-state index in [-0.39, 0.29) is 12.1 Å². The molecule has 0 bridgehead atoms. The van der Waals surface area contributed by atoms with Crippen LogP contribution in [0, 0.1) is 6.92 Å². The van der Waals surface area contributed by atoms with Crippen molar-refractivity contribution in [2.45, 2.75) is 26.4 Å². The third-order valence-corrected chi connectivity index (χ3v) is 3.34. The zero-order valence-corrected chi connectivity index (χ0v) is 12.2. The Labute approximate surface area is 119 Å². The molecule has 0 aromatic heterocycles. The minimum absolute atomic E-state index is 0.0720. The lowest BCUT2D eigenvalue weighted by Crippen LogP contribution is -2.41. The Kier molecular flexibility index (Phi) is 4.61. The van der Waals surface area contributed by atoms with Gasteiger partial charge in [0.25, 0.3) is 0 Å². The van der Waals surface area contributed by atoms with E-state index in [1.165, 1.54) is 5.56 Å². The third kappa shape index (κ3) is 3.29. The fourth-order valence-electron chi connectivity index (χ4n) is 2.26. The van der Waals surface area contributed by atoms with Gasteiger partial charge in [-0.1, -0.05) is 29.4 Å². The van der Waals surface area contributed by atoms with Gasteiger partial charge in [-0.25, -0.2) is 4.79 Å². The van der Waals surface area contributed by atoms with Crippen LogP contribution in [0.25, 0.3) is 0 Å². The van der Waals surface area contributed by atoms with Crippen molar-refractivity contribution in [2.24, 2.45) is 5.16 Å². The summed E-state index contributed by atoms with van der Waals surface area (Å²) in [5.74, 6) is 0. The first-order chi connectivity index (χ1) is 9.61. The highest BCUT2D eigenvalue weighted by Gasteiger charge is 2.25. The molecule has 1 heterocycles. The summed E-state index contributed by atoms with van der Waals surface area (Å²) in [6, 6.07) is 8.04. The van der Waals surface area contributed by atoms with Crippen molar-refractivity contribution in [3.63, 3.8) is 0 Å². The number of benzene rings is 1. The monoisotopic (exact) mass is 275 g/mol. The van der Waals surface area contributed by atoms with Gasteiger partial charge in [-0.05, 0) is 19.4 Å². The maximum atomic E-state index is 11.7. The molecule has 1 aromatic rings. The van der Waals surface area contributed by atoms with Crippen LogP contribution in [0.15, 0.2) is 29.4 Å². The van der Waals surface area contributed by atoms with Gasteiger partial charge >= 0.3 is 6.03 Å². The van der Waals surface area contributed by atoms with Crippen molar-refractivity contribution in [1.82, 2.24) is 10.2 Å². The summed E-state index contributed by atoms with van der Waals surface area (Å²) in [5.41, 5.74) is 3.26. The number of likely N-dealkylation sites (N-methyl/N-ethyl adjacent to an activating group) is 1. The molecular weight excluding hydrogens is 254 g/mol. The van der Waals surface area contributed by atoms with Crippen molar-refractivity contribution in [2.75, 3.05) is 20.1 Å². The number of nitrogens with one attached hydrogen (secondary N) is 1. The standard InChI is InChI=1S/C15H21N3O2/c1-4-16-15(19)18(3)10-12-9-14(17-20-12)13-8-6-5-7-11(13)2/h5-8,12H,4,9-10H2,1-3H3,(H,16,19). The molecule has 0 saturated heterocycles. The number of oxime groups is 1. The van der Waals surface area contributed by atoms with Gasteiger partial charge in [0.1, 0.15) is 0 Å². The minimum atomic E-state index is -0.0829. The Morgan fingerprint density at radius 1 is 1.50 bits per heavy atom. The second-order valence-corrected chi connectivity index (χ2v) is 5.00. The first-order valence-electron chi connectivity index (χ1n) is 6.89. The molecule has 1 aliphatic rings. The molecule has 0 spiro atoms. The zero-order valence-electron chi connectivity index (χ0n) is 12.2. The van der Waals surface area contributed by atoms with Gasteiger partial charge < -0.3 is 15.1 Å². The van der Waals surface area contributed by atoms with Crippen LogP contribution in [0.3, 0.4) is 0 Å². The van der Waals surface area contributed by atoms with Crippen molar-refractivity contribution >= 4 is 11.7 Å². The summed E-state index contributed by atoms with van der Waals surface area (Å²) >= 11 is 0. The topological polar surface area (TPSA) is 53.9 Å². The van der Waals surface area contributed by atoms with Crippen LogP contribution in [0.1, 0.15) is 24.5 Å². The number of hydrogen-bond acceptors (Lipinski definition) is 3. The van der Waals surface area contributed by atoms with Gasteiger partial charge in [-0.15, -0.1) is 0 Å². The number of carbonyl (C=O) groups excluding carboxylic acids is 1. The Balaban J connectivity index is 1.92. The molecule has 20 heavy (non-hydrogen) atoms. The lowest BCUT2D eigenvalue weighted by Gasteiger charge is -2.20. The van der Waals surface area contributed by atoms with Crippen molar-refractivity contribution in [1.29, 1.82) is 0 Å². The minimum Gasteiger partial charge on any atom is -0.390 e. The highest BCUT2D eigenvalue weighted by molar-refractivity contribution is 6.02. The van der Waals surface area contributed by atoms with E-state index in [0.29, 0.717) is 13.1 Å². The number of urea groups is 1. The van der Waals surface area contributed by atoms with Crippen molar-refractivity contribution in [3.8, 4) is 0 Å². The normalized spacial score (nSPS) is 17.4. The largest absolute Gasteiger partial charge is 0.390 e. The summed E-state index contributed by atoms with van der Waals surface area (Å²) in [5, 5.41) is 6.93. The van der Waals surface area contributed by atoms with Crippen LogP contribution in [-0.4, -0.2) is 42.9 Å². The summed E-state index contributed by atoms with van der Waals surface area (Å²) < 4.78 is 0. The highest BCUT2D eigenvalue weighted by Crippen LogP contribution is 2.19. The van der Waals surface area contributed by atoms with Crippen LogP contribution in [0.4, 0.5) is 4.79 Å². The van der Waals surface area contributed by atoms with E-state index in [1.54, 1.807) is 11.9 Å². The molecule has 1 N–H and O–H groups in total. The average molecular weight is 275 g/mol. The smallest absolute Gasteiger partial charge is 0.317 e. The van der Waals surface area contributed by atoms with Crippen LogP contribution < -0.4 is 5.32 Å². The van der Waals surface area contributed by atoms with Gasteiger partial charge in [0.2, 0.25) is 0 Å². The van der Waals surface area contributed by atoms with E-state index >= 15 is 0 Å². The first kappa shape index (κ1) is 14.4. The third-order valence-electron chi connectivity index (χ3n) is 3.34. The maximum Gasteiger partial charge on any atom is 0.317 e. The fraction of sp³-hybridized carbons (Fsp3) is 0.467. The molecule has 108 valence electrons. The lowest BCUT2D eigenvalue weighted by molar-refractivity contribution is 0.0657. The molecule has 5 nitrogen and oxygen atoms in total. The van der Waals surface area contributed by atoms with E-state index < -0.39 is 0 Å². The van der Waals surface area contributed by atoms with E-state index in [0.717, 1.165) is 17.7 Å². The molecule has 0 aliphatic carbocycles. The molecule has 2 rings (SSSR count). The Hall–Kier alpha value is -2.04. The quantitative estimate of drug-likeness (QED) is 0.915. The number of aryl methyl sites for hydroxylation is 1. The molecule has 5 heteroatoms. The predicted molar refractivity (Wildman–Crippen MR) is 78.9 cm³/mol. The van der Waals surface area contributed by atoms with Crippen LogP contribution in [0.2, 0.25) is 0 Å². The van der Waals surface area contributed by atoms with Gasteiger partial charge in [0.15, 0.2) is 6.10 Å². The molecule has 0 fully saturated rings. The summed E-state index contributed by atoms with van der Waals surface area (Å²) in [4.78, 5) is 18.7. The molecule has 2 amide bonds. The fourth-order valence-corrected chi connectivity index (χ4v) is 2.26. The van der Waals surface area contributed by atoms with Gasteiger partial charge in [-0.2, -0.15) is 0 Å². The Morgan fingerprint density at radius 2 is 2.25 bits per heavy atom. The Morgan fingerprint density at radius 3 is 2.95 bits per heavy atom. The lowest BCUT2D eigenvalue weighted by atomic mass is 10.0. The van der Waals surface area contributed by atoms with E-state index in [2.05, 4.69) is 23.5 Å². The first-order valence-corrected chi connectivity index (χ1v) is 6.89. The summed E-state index contributed by atoms with van der Waals surface area (Å²) in [6.45, 7) is 5.12. The second-order valence-electron chi connectivity index (χ2n) is 5.00. The van der Waals surface area contributed by atoms with E-state index in [9.17, 15) is 4.79 Å². The zero-order chi connectivity index (χ0) is 14.5. The molecule has 1 aromatic carbocycles. The maximum absolute atomic E-state index is 11.7. The SMILES string of the molecule is CCNC(=O)N(C)CC1CC(c2ccccc2C)=NO1. The summed E-state index contributed by atoms with van der Waals surface area (Å²) in [6.07, 6.45) is 0.659. The predicted octanol–water partition coefficient (Wildman–Crippen LogP) is 2.15. The van der Waals surface area contributed by atoms with Gasteiger partial charge in [0.05, 0.1) is 12.3 Å². The molecule has 0 saturated carbocycles. The van der Waals surface area contributed by atoms with Crippen LogP contribution >= 0.6 is 0 Å². The number of amides is 2. The van der Waals surface area contributed by atoms with E-state index in [4.69, 9.17) is 4.84 Å². The number of nitrogens with zero attached hydrogens (tertiary/aromatic N) is 2. The van der Waals surface area contributed by atoms with Crippen molar-refractivity contribution < 1.29 is 9.63 Å². The van der Waals surface area contributed by atoms with Gasteiger partial charge in [0, 0.05) is 25.6 Å². The number of rotatable bonds is 4. The summed E-state index contributed by atoms with van der Waals surface area (Å²) in [7, 11) is 1.76. The molecule has 1 aliphatic heterocycles. The van der Waals surface area contributed by atoms with Crippen LogP contribution in [-0.2, 0) is 4.84 Å². The molecule has 1 atom stereocenters. The van der Waals surface area contributed by atoms with E-state index in [1.807, 2.05) is 25.1 Å². The molecule has 1 unspecified atom stereocenters. The second kappa shape index (κ2) is 6.41. The average Bonchev–Trinajstić information content (AvgIpc) is 2.87. The number of hydrogen-bond donors (Lipinski definition) is 1. The van der Waals surface area contributed by atoms with Crippen LogP contribution in [0.5, 0.6) is 0 Å². The van der Waals surface area contributed by atoms with Crippen molar-refractivity contribution in [3.05, 3.63) is 35.4 Å².